The van der Waals surface area contributed by atoms with E-state index in [1.54, 1.807) is 43.9 Å². The Morgan fingerprint density at radius 3 is 2.24 bits per heavy atom. The van der Waals surface area contributed by atoms with Gasteiger partial charge in [0.25, 0.3) is 0 Å². The van der Waals surface area contributed by atoms with Crippen LogP contribution in [0, 0.1) is 0 Å². The number of nitrogens with one attached hydrogen (secondary N) is 1. The highest BCUT2D eigenvalue weighted by molar-refractivity contribution is 7.89. The molecule has 0 amide bonds. The van der Waals surface area contributed by atoms with E-state index in [-0.39, 0.29) is 39.2 Å². The zero-order chi connectivity index (χ0) is 27.0. The average Bonchev–Trinajstić information content (AvgIpc) is 2.82. The number of hydrogen-bond donors (Lipinski definition) is 2. The van der Waals surface area contributed by atoms with Gasteiger partial charge in [-0.25, -0.2) is 28.1 Å². The van der Waals surface area contributed by atoms with Crippen LogP contribution < -0.4 is 15.4 Å². The molecular formula is C24H27F3N6O3S. The summed E-state index contributed by atoms with van der Waals surface area (Å²) in [7, 11) is -4.00. The van der Waals surface area contributed by atoms with Crippen LogP contribution in [-0.2, 0) is 20.9 Å². The smallest absolute Gasteiger partial charge is 0.384 e. The largest absolute Gasteiger partial charge is 0.417 e. The summed E-state index contributed by atoms with van der Waals surface area (Å²) in [5, 5.41) is 0. The molecule has 4 rings (SSSR count). The summed E-state index contributed by atoms with van der Waals surface area (Å²) in [6, 6.07) is 8.25. The van der Waals surface area contributed by atoms with Crippen molar-refractivity contribution in [2.45, 2.75) is 37.4 Å². The van der Waals surface area contributed by atoms with Crippen molar-refractivity contribution in [2.75, 3.05) is 36.9 Å². The highest BCUT2D eigenvalue weighted by Gasteiger charge is 2.35. The second-order valence-electron chi connectivity index (χ2n) is 9.54. The Morgan fingerprint density at radius 2 is 1.62 bits per heavy atom. The van der Waals surface area contributed by atoms with Gasteiger partial charge < -0.3 is 15.4 Å². The van der Waals surface area contributed by atoms with E-state index in [1.807, 2.05) is 0 Å². The number of ether oxygens (including phenoxy) is 1. The molecule has 0 saturated carbocycles. The normalized spacial score (nSPS) is 15.1. The van der Waals surface area contributed by atoms with Crippen LogP contribution in [0.1, 0.15) is 26.3 Å². The van der Waals surface area contributed by atoms with Gasteiger partial charge in [-0.2, -0.15) is 13.2 Å². The van der Waals surface area contributed by atoms with Gasteiger partial charge in [0.05, 0.1) is 35.1 Å². The van der Waals surface area contributed by atoms with Gasteiger partial charge >= 0.3 is 6.18 Å². The lowest BCUT2D eigenvalue weighted by Crippen LogP contribution is -2.40. The second-order valence-corrected chi connectivity index (χ2v) is 11.2. The maximum absolute atomic E-state index is 13.9. The number of benzene rings is 1. The molecule has 3 aromatic rings. The first kappa shape index (κ1) is 26.8. The SMILES string of the molecule is CC(C)(C)NS(=O)(=O)c1ccccc1-c1cc(-c2cnc(N)cc2C(F)(F)F)nc(N2CCOCC2)n1. The zero-order valence-corrected chi connectivity index (χ0v) is 21.3. The molecule has 198 valence electrons. The number of sulfonamides is 1. The van der Waals surface area contributed by atoms with Crippen molar-refractivity contribution in [1.82, 2.24) is 19.7 Å². The van der Waals surface area contributed by atoms with Crippen molar-refractivity contribution in [2.24, 2.45) is 0 Å². The molecule has 0 atom stereocenters. The van der Waals surface area contributed by atoms with Crippen molar-refractivity contribution in [1.29, 1.82) is 0 Å². The summed E-state index contributed by atoms with van der Waals surface area (Å²) < 4.78 is 76.3. The Labute approximate surface area is 213 Å². The topological polar surface area (TPSA) is 123 Å². The molecule has 0 bridgehead atoms. The van der Waals surface area contributed by atoms with E-state index in [1.165, 1.54) is 12.1 Å². The predicted octanol–water partition coefficient (Wildman–Crippen LogP) is 3.72. The number of rotatable bonds is 5. The summed E-state index contributed by atoms with van der Waals surface area (Å²) in [6.45, 7) is 6.74. The molecule has 0 radical (unpaired) electrons. The van der Waals surface area contributed by atoms with E-state index < -0.39 is 27.3 Å². The molecule has 1 fully saturated rings. The third-order valence-corrected chi connectivity index (χ3v) is 7.22. The van der Waals surface area contributed by atoms with Gasteiger partial charge in [-0.1, -0.05) is 18.2 Å². The summed E-state index contributed by atoms with van der Waals surface area (Å²) in [5.41, 5.74) is 3.77. The van der Waals surface area contributed by atoms with Gasteiger partial charge in [-0.3, -0.25) is 0 Å². The standard InChI is InChI=1S/C24H27F3N6O3S/c1-23(2,3)32-37(34,35)20-7-5-4-6-15(20)18-13-19(31-22(30-18)33-8-10-36-11-9-33)16-14-29-21(28)12-17(16)24(25,26)27/h4-7,12-14,32H,8-11H2,1-3H3,(H2,28,29). The van der Waals surface area contributed by atoms with Crippen LogP contribution in [0.15, 0.2) is 47.5 Å². The van der Waals surface area contributed by atoms with Crippen LogP contribution in [0.4, 0.5) is 24.9 Å². The summed E-state index contributed by atoms with van der Waals surface area (Å²) in [4.78, 5) is 14.6. The van der Waals surface area contributed by atoms with Crippen LogP contribution in [-0.4, -0.2) is 55.2 Å². The van der Waals surface area contributed by atoms with E-state index in [9.17, 15) is 21.6 Å². The van der Waals surface area contributed by atoms with E-state index >= 15 is 0 Å². The molecule has 9 nitrogen and oxygen atoms in total. The number of nitrogens with zero attached hydrogens (tertiary/aromatic N) is 4. The zero-order valence-electron chi connectivity index (χ0n) is 20.5. The van der Waals surface area contributed by atoms with Crippen molar-refractivity contribution in [3.05, 3.63) is 48.2 Å². The number of aromatic nitrogens is 3. The van der Waals surface area contributed by atoms with Crippen LogP contribution in [0.25, 0.3) is 22.5 Å². The van der Waals surface area contributed by atoms with Crippen LogP contribution >= 0.6 is 0 Å². The van der Waals surface area contributed by atoms with Crippen molar-refractivity contribution in [3.63, 3.8) is 0 Å². The minimum atomic E-state index is -4.73. The van der Waals surface area contributed by atoms with Gasteiger partial charge in [0.1, 0.15) is 5.82 Å². The lowest BCUT2D eigenvalue weighted by Gasteiger charge is -2.28. The highest BCUT2D eigenvalue weighted by Crippen LogP contribution is 2.39. The van der Waals surface area contributed by atoms with Crippen molar-refractivity contribution < 1.29 is 26.3 Å². The lowest BCUT2D eigenvalue weighted by molar-refractivity contribution is -0.137. The minimum absolute atomic E-state index is 0.0611. The van der Waals surface area contributed by atoms with Gasteiger partial charge in [0.2, 0.25) is 16.0 Å². The van der Waals surface area contributed by atoms with E-state index in [2.05, 4.69) is 19.7 Å². The molecule has 1 aromatic carbocycles. The number of hydrogen-bond acceptors (Lipinski definition) is 8. The Hall–Kier alpha value is -3.29. The molecular weight excluding hydrogens is 509 g/mol. The fourth-order valence-electron chi connectivity index (χ4n) is 3.90. The maximum Gasteiger partial charge on any atom is 0.417 e. The summed E-state index contributed by atoms with van der Waals surface area (Å²) in [6.07, 6.45) is -3.72. The molecule has 13 heteroatoms. The van der Waals surface area contributed by atoms with Crippen molar-refractivity contribution in [3.8, 4) is 22.5 Å². The van der Waals surface area contributed by atoms with Crippen LogP contribution in [0.2, 0.25) is 0 Å². The number of anilines is 2. The average molecular weight is 537 g/mol. The van der Waals surface area contributed by atoms with E-state index in [0.29, 0.717) is 26.3 Å². The predicted molar refractivity (Wildman–Crippen MR) is 133 cm³/mol. The fourth-order valence-corrected chi connectivity index (χ4v) is 5.53. The van der Waals surface area contributed by atoms with E-state index in [4.69, 9.17) is 10.5 Å². The molecule has 3 heterocycles. The Bertz CT molecular complexity index is 1400. The van der Waals surface area contributed by atoms with E-state index in [0.717, 1.165) is 12.3 Å². The molecule has 2 aromatic heterocycles. The lowest BCUT2D eigenvalue weighted by atomic mass is 10.0. The summed E-state index contributed by atoms with van der Waals surface area (Å²) in [5.74, 6) is -0.139. The fraction of sp³-hybridized carbons (Fsp3) is 0.375. The first-order valence-corrected chi connectivity index (χ1v) is 12.9. The molecule has 1 aliphatic heterocycles. The Balaban J connectivity index is 1.95. The van der Waals surface area contributed by atoms with Gasteiger partial charge in [-0.05, 0) is 39.0 Å². The van der Waals surface area contributed by atoms with Crippen molar-refractivity contribution >= 4 is 21.8 Å². The minimum Gasteiger partial charge on any atom is -0.384 e. The number of pyridine rings is 1. The number of alkyl halides is 3. The quantitative estimate of drug-likeness (QED) is 0.506. The molecule has 3 N–H and O–H groups in total. The Morgan fingerprint density at radius 1 is 1.00 bits per heavy atom. The molecule has 0 aliphatic carbocycles. The Kier molecular flexibility index (Phi) is 7.14. The third-order valence-electron chi connectivity index (χ3n) is 5.41. The number of nitrogens with two attached hydrogens (primary N) is 1. The molecule has 37 heavy (non-hydrogen) atoms. The first-order valence-electron chi connectivity index (χ1n) is 11.4. The van der Waals surface area contributed by atoms with Gasteiger partial charge in [0.15, 0.2) is 0 Å². The van der Waals surface area contributed by atoms with Gasteiger partial charge in [-0.15, -0.1) is 0 Å². The molecule has 0 unspecified atom stereocenters. The maximum atomic E-state index is 13.9. The first-order chi connectivity index (χ1) is 17.2. The summed E-state index contributed by atoms with van der Waals surface area (Å²) >= 11 is 0. The molecule has 1 saturated heterocycles. The number of nitrogen functional groups attached to an aromatic ring is 1. The van der Waals surface area contributed by atoms with Crippen LogP contribution in [0.5, 0.6) is 0 Å². The highest BCUT2D eigenvalue weighted by atomic mass is 32.2. The monoisotopic (exact) mass is 536 g/mol. The second kappa shape index (κ2) is 9.88. The molecule has 0 spiro atoms. The third kappa shape index (κ3) is 6.17. The number of halogens is 3. The van der Waals surface area contributed by atoms with Gasteiger partial charge in [0, 0.05) is 36.0 Å². The van der Waals surface area contributed by atoms with Crippen LogP contribution in [0.3, 0.4) is 0 Å². The molecule has 1 aliphatic rings. The number of morpholine rings is 1.